The highest BCUT2D eigenvalue weighted by Gasteiger charge is 2.29. The Balaban J connectivity index is 1.83. The minimum Gasteiger partial charge on any atom is -0.481 e. The molecule has 0 aliphatic heterocycles. The Bertz CT molecular complexity index is 632. The van der Waals surface area contributed by atoms with Gasteiger partial charge in [-0.2, -0.15) is 0 Å². The normalized spacial score (nSPS) is 21.9. The van der Waals surface area contributed by atoms with Gasteiger partial charge in [-0.3, -0.25) is 4.79 Å². The molecule has 0 aromatic heterocycles. The summed E-state index contributed by atoms with van der Waals surface area (Å²) >= 11 is 0. The smallest absolute Gasteiger partial charge is 0.303 e. The standard InChI is InChI=1S/C15H20FNO4S/c16-13-3-1-2-11(8-13)6-7-22(20,21)17-14-5-4-12(9-14)10-15(18)19/h1-3,8,12,14,17H,4-7,9-10H2,(H,18,19)/t12-,14+/m1/s1. The van der Waals surface area contributed by atoms with Crippen LogP contribution in [-0.4, -0.2) is 31.3 Å². The van der Waals surface area contributed by atoms with Crippen LogP contribution in [0.3, 0.4) is 0 Å². The number of carbonyl (C=O) groups is 1. The lowest BCUT2D eigenvalue weighted by Crippen LogP contribution is -2.35. The Kier molecular flexibility index (Phi) is 5.52. The van der Waals surface area contributed by atoms with Crippen LogP contribution in [0.2, 0.25) is 0 Å². The van der Waals surface area contributed by atoms with Crippen molar-refractivity contribution in [2.45, 2.75) is 38.1 Å². The number of benzene rings is 1. The van der Waals surface area contributed by atoms with Crippen molar-refractivity contribution in [3.8, 4) is 0 Å². The summed E-state index contributed by atoms with van der Waals surface area (Å²) in [6, 6.07) is 5.70. The van der Waals surface area contributed by atoms with Crippen LogP contribution in [0.1, 0.15) is 31.2 Å². The maximum absolute atomic E-state index is 13.0. The summed E-state index contributed by atoms with van der Waals surface area (Å²) in [5, 5.41) is 8.76. The molecule has 5 nitrogen and oxygen atoms in total. The van der Waals surface area contributed by atoms with E-state index in [0.717, 1.165) is 6.42 Å². The molecule has 1 aromatic carbocycles. The van der Waals surface area contributed by atoms with E-state index in [0.29, 0.717) is 18.4 Å². The molecule has 122 valence electrons. The molecule has 1 saturated carbocycles. The van der Waals surface area contributed by atoms with Gasteiger partial charge in [-0.05, 0) is 49.3 Å². The van der Waals surface area contributed by atoms with Gasteiger partial charge in [0, 0.05) is 12.5 Å². The van der Waals surface area contributed by atoms with Crippen LogP contribution in [0.25, 0.3) is 0 Å². The molecule has 1 aliphatic carbocycles. The summed E-state index contributed by atoms with van der Waals surface area (Å²) in [6.45, 7) is 0. The van der Waals surface area contributed by atoms with Gasteiger partial charge in [-0.15, -0.1) is 0 Å². The quantitative estimate of drug-likeness (QED) is 0.801. The fraction of sp³-hybridized carbons (Fsp3) is 0.533. The molecule has 1 aliphatic rings. The van der Waals surface area contributed by atoms with Crippen molar-refractivity contribution >= 4 is 16.0 Å². The molecule has 0 amide bonds. The Labute approximate surface area is 129 Å². The van der Waals surface area contributed by atoms with Crippen molar-refractivity contribution in [3.63, 3.8) is 0 Å². The second kappa shape index (κ2) is 7.19. The zero-order valence-corrected chi connectivity index (χ0v) is 13.0. The number of hydrogen-bond acceptors (Lipinski definition) is 3. The van der Waals surface area contributed by atoms with Crippen molar-refractivity contribution in [2.75, 3.05) is 5.75 Å². The number of nitrogens with one attached hydrogen (secondary N) is 1. The maximum Gasteiger partial charge on any atom is 0.303 e. The minimum absolute atomic E-state index is 0.0356. The van der Waals surface area contributed by atoms with Gasteiger partial charge >= 0.3 is 5.97 Å². The van der Waals surface area contributed by atoms with E-state index in [-0.39, 0.29) is 36.4 Å². The first-order chi connectivity index (χ1) is 10.3. The van der Waals surface area contributed by atoms with E-state index in [9.17, 15) is 17.6 Å². The molecule has 0 spiro atoms. The highest BCUT2D eigenvalue weighted by molar-refractivity contribution is 7.89. The second-order valence-corrected chi connectivity index (χ2v) is 7.66. The summed E-state index contributed by atoms with van der Waals surface area (Å²) in [5.74, 6) is -1.29. The number of sulfonamides is 1. The predicted octanol–water partition coefficient (Wildman–Crippen LogP) is 1.93. The van der Waals surface area contributed by atoms with Crippen LogP contribution < -0.4 is 4.72 Å². The van der Waals surface area contributed by atoms with E-state index in [1.54, 1.807) is 12.1 Å². The highest BCUT2D eigenvalue weighted by Crippen LogP contribution is 2.28. The third-order valence-corrected chi connectivity index (χ3v) is 5.33. The van der Waals surface area contributed by atoms with Gasteiger partial charge in [0.05, 0.1) is 5.75 Å². The predicted molar refractivity (Wildman–Crippen MR) is 80.4 cm³/mol. The van der Waals surface area contributed by atoms with Crippen LogP contribution in [0, 0.1) is 11.7 Å². The van der Waals surface area contributed by atoms with Gasteiger partial charge in [0.15, 0.2) is 0 Å². The zero-order valence-electron chi connectivity index (χ0n) is 12.2. The first-order valence-electron chi connectivity index (χ1n) is 7.30. The Hall–Kier alpha value is -1.47. The largest absolute Gasteiger partial charge is 0.481 e. The molecule has 1 aromatic rings. The summed E-state index contributed by atoms with van der Waals surface area (Å²) in [6.07, 6.45) is 2.28. The number of aliphatic carboxylic acids is 1. The van der Waals surface area contributed by atoms with Crippen LogP contribution in [0.15, 0.2) is 24.3 Å². The SMILES string of the molecule is O=C(O)C[C@@H]1CC[C@H](NS(=O)(=O)CCc2cccc(F)c2)C1. The monoisotopic (exact) mass is 329 g/mol. The molecular weight excluding hydrogens is 309 g/mol. The van der Waals surface area contributed by atoms with E-state index >= 15 is 0 Å². The van der Waals surface area contributed by atoms with Crippen LogP contribution >= 0.6 is 0 Å². The average Bonchev–Trinajstić information content (AvgIpc) is 2.82. The van der Waals surface area contributed by atoms with Crippen molar-refractivity contribution < 1.29 is 22.7 Å². The molecule has 0 radical (unpaired) electrons. The molecule has 1 fully saturated rings. The van der Waals surface area contributed by atoms with E-state index in [2.05, 4.69) is 4.72 Å². The van der Waals surface area contributed by atoms with Gasteiger partial charge < -0.3 is 5.11 Å². The van der Waals surface area contributed by atoms with Crippen LogP contribution in [0.5, 0.6) is 0 Å². The average molecular weight is 329 g/mol. The molecule has 0 heterocycles. The fourth-order valence-corrected chi connectivity index (χ4v) is 4.22. The third kappa shape index (κ3) is 5.38. The number of aryl methyl sites for hydroxylation is 1. The van der Waals surface area contributed by atoms with Gasteiger partial charge in [-0.1, -0.05) is 12.1 Å². The topological polar surface area (TPSA) is 83.5 Å². The van der Waals surface area contributed by atoms with Crippen LogP contribution in [0.4, 0.5) is 4.39 Å². The Morgan fingerprint density at radius 1 is 1.36 bits per heavy atom. The fourth-order valence-electron chi connectivity index (χ4n) is 2.87. The molecule has 7 heteroatoms. The molecule has 2 rings (SSSR count). The minimum atomic E-state index is -3.45. The van der Waals surface area contributed by atoms with E-state index in [4.69, 9.17) is 5.11 Å². The van der Waals surface area contributed by atoms with Crippen molar-refractivity contribution in [3.05, 3.63) is 35.6 Å². The lowest BCUT2D eigenvalue weighted by Gasteiger charge is -2.13. The zero-order chi connectivity index (χ0) is 16.2. The number of carboxylic acids is 1. The summed E-state index contributed by atoms with van der Waals surface area (Å²) in [7, 11) is -3.45. The van der Waals surface area contributed by atoms with Gasteiger partial charge in [-0.25, -0.2) is 17.5 Å². The van der Waals surface area contributed by atoms with Crippen molar-refractivity contribution in [1.82, 2.24) is 4.72 Å². The highest BCUT2D eigenvalue weighted by atomic mass is 32.2. The van der Waals surface area contributed by atoms with Gasteiger partial charge in [0.25, 0.3) is 0 Å². The molecule has 0 bridgehead atoms. The van der Waals surface area contributed by atoms with E-state index in [1.807, 2.05) is 0 Å². The van der Waals surface area contributed by atoms with Crippen molar-refractivity contribution in [2.24, 2.45) is 5.92 Å². The van der Waals surface area contributed by atoms with Crippen LogP contribution in [-0.2, 0) is 21.2 Å². The van der Waals surface area contributed by atoms with E-state index in [1.165, 1.54) is 12.1 Å². The number of carboxylic acid groups (broad SMARTS) is 1. The first kappa shape index (κ1) is 16.9. The molecule has 2 N–H and O–H groups in total. The van der Waals surface area contributed by atoms with Gasteiger partial charge in [0.1, 0.15) is 5.82 Å². The lowest BCUT2D eigenvalue weighted by molar-refractivity contribution is -0.138. The third-order valence-electron chi connectivity index (χ3n) is 3.90. The maximum atomic E-state index is 13.0. The van der Waals surface area contributed by atoms with Gasteiger partial charge in [0.2, 0.25) is 10.0 Å². The Morgan fingerprint density at radius 2 is 2.14 bits per heavy atom. The molecular formula is C15H20FNO4S. The lowest BCUT2D eigenvalue weighted by atomic mass is 10.0. The molecule has 0 saturated heterocycles. The summed E-state index contributed by atoms with van der Waals surface area (Å²) in [5.41, 5.74) is 0.639. The molecule has 0 unspecified atom stereocenters. The first-order valence-corrected chi connectivity index (χ1v) is 8.95. The second-order valence-electron chi connectivity index (χ2n) is 5.79. The molecule has 22 heavy (non-hydrogen) atoms. The van der Waals surface area contributed by atoms with Crippen molar-refractivity contribution in [1.29, 1.82) is 0 Å². The molecule has 2 atom stereocenters. The number of halogens is 1. The Morgan fingerprint density at radius 3 is 2.82 bits per heavy atom. The summed E-state index contributed by atoms with van der Waals surface area (Å²) < 4.78 is 39.8. The summed E-state index contributed by atoms with van der Waals surface area (Å²) in [4.78, 5) is 10.7. The number of hydrogen-bond donors (Lipinski definition) is 2. The number of rotatable bonds is 7. The van der Waals surface area contributed by atoms with E-state index < -0.39 is 16.0 Å².